The number of fused-ring (bicyclic) bond motifs is 1. The summed E-state index contributed by atoms with van der Waals surface area (Å²) in [6.45, 7) is 2.69. The fourth-order valence-electron chi connectivity index (χ4n) is 5.88. The maximum Gasteiger partial charge on any atom is 0.133 e. The highest BCUT2D eigenvalue weighted by Gasteiger charge is 2.62. The van der Waals surface area contributed by atoms with E-state index in [-0.39, 0.29) is 10.8 Å². The average Bonchev–Trinajstić information content (AvgIpc) is 3.19. The highest BCUT2D eigenvalue weighted by atomic mass is 16.3. The van der Waals surface area contributed by atoms with Gasteiger partial charge < -0.3 is 10.2 Å². The number of carbonyl (C=O) groups excluding carboxylic acids is 1. The lowest BCUT2D eigenvalue weighted by molar-refractivity contribution is -0.130. The maximum atomic E-state index is 12.4. The Morgan fingerprint density at radius 2 is 1.96 bits per heavy atom. The van der Waals surface area contributed by atoms with Crippen LogP contribution in [0, 0.1) is 5.41 Å². The quantitative estimate of drug-likeness (QED) is 0.874. The van der Waals surface area contributed by atoms with Gasteiger partial charge in [-0.15, -0.1) is 0 Å². The number of aromatic hydroxyl groups is 1. The van der Waals surface area contributed by atoms with Crippen molar-refractivity contribution in [2.24, 2.45) is 5.41 Å². The Hall–Kier alpha value is -1.39. The molecule has 1 heterocycles. The number of ketones is 1. The van der Waals surface area contributed by atoms with Crippen molar-refractivity contribution in [3.8, 4) is 5.75 Å². The number of aliphatic hydroxyl groups is 1. The van der Waals surface area contributed by atoms with Crippen LogP contribution >= 0.6 is 0 Å². The minimum Gasteiger partial charge on any atom is -0.508 e. The molecule has 2 saturated carbocycles. The summed E-state index contributed by atoms with van der Waals surface area (Å²) in [6.07, 6.45) is 6.07. The highest BCUT2D eigenvalue weighted by Crippen LogP contribution is 2.63. The van der Waals surface area contributed by atoms with Crippen molar-refractivity contribution in [2.75, 3.05) is 19.6 Å². The molecule has 4 nitrogen and oxygen atoms in total. The van der Waals surface area contributed by atoms with Crippen molar-refractivity contribution >= 4 is 5.78 Å². The molecule has 0 radical (unpaired) electrons. The van der Waals surface area contributed by atoms with Crippen LogP contribution in [0.3, 0.4) is 0 Å². The van der Waals surface area contributed by atoms with Gasteiger partial charge in [-0.3, -0.25) is 9.69 Å². The fourth-order valence-corrected chi connectivity index (χ4v) is 5.88. The van der Waals surface area contributed by atoms with E-state index in [1.54, 1.807) is 6.07 Å². The van der Waals surface area contributed by atoms with Crippen molar-refractivity contribution in [2.45, 2.75) is 56.0 Å². The molecule has 2 atom stereocenters. The monoisotopic (exact) mass is 327 g/mol. The summed E-state index contributed by atoms with van der Waals surface area (Å²) in [5.74, 6) is 0.683. The first-order valence-corrected chi connectivity index (χ1v) is 9.23. The van der Waals surface area contributed by atoms with Gasteiger partial charge in [0.25, 0.3) is 0 Å². The molecule has 3 fully saturated rings. The van der Waals surface area contributed by atoms with Crippen molar-refractivity contribution < 1.29 is 15.0 Å². The minimum atomic E-state index is -0.454. The Balaban J connectivity index is 1.55. The molecule has 1 aromatic carbocycles. The van der Waals surface area contributed by atoms with Gasteiger partial charge in [-0.2, -0.15) is 0 Å². The van der Waals surface area contributed by atoms with Crippen molar-refractivity contribution in [1.82, 2.24) is 4.90 Å². The Kier molecular flexibility index (Phi) is 2.87. The van der Waals surface area contributed by atoms with E-state index in [4.69, 9.17) is 0 Å². The second-order valence-corrected chi connectivity index (χ2v) is 8.78. The van der Waals surface area contributed by atoms with Crippen molar-refractivity contribution in [3.05, 3.63) is 29.3 Å². The lowest BCUT2D eigenvalue weighted by Crippen LogP contribution is -2.60. The Labute approximate surface area is 142 Å². The molecular formula is C20H25NO3. The van der Waals surface area contributed by atoms with Gasteiger partial charge in [-0.1, -0.05) is 6.07 Å². The highest BCUT2D eigenvalue weighted by molar-refractivity contribution is 5.82. The number of Topliss-reactive ketones (excluding diaryl/α,β-unsaturated/α-hetero) is 1. The van der Waals surface area contributed by atoms with Crippen molar-refractivity contribution in [3.63, 3.8) is 0 Å². The molecule has 4 aliphatic rings. The first-order valence-electron chi connectivity index (χ1n) is 9.23. The van der Waals surface area contributed by atoms with Gasteiger partial charge in [0.2, 0.25) is 0 Å². The molecule has 2 N–H and O–H groups in total. The summed E-state index contributed by atoms with van der Waals surface area (Å²) in [5, 5.41) is 20.4. The predicted octanol–water partition coefficient (Wildman–Crippen LogP) is 2.16. The third-order valence-electron chi connectivity index (χ3n) is 7.26. The van der Waals surface area contributed by atoms with Gasteiger partial charge >= 0.3 is 0 Å². The van der Waals surface area contributed by atoms with Gasteiger partial charge in [0.15, 0.2) is 0 Å². The molecule has 24 heavy (non-hydrogen) atoms. The van der Waals surface area contributed by atoms with Crippen LogP contribution in [0.15, 0.2) is 18.2 Å². The van der Waals surface area contributed by atoms with Gasteiger partial charge in [-0.05, 0) is 67.3 Å². The van der Waals surface area contributed by atoms with Gasteiger partial charge in [-0.25, -0.2) is 0 Å². The third kappa shape index (κ3) is 1.96. The molecule has 1 saturated heterocycles. The number of phenols is 1. The molecule has 2 unspecified atom stereocenters. The summed E-state index contributed by atoms with van der Waals surface area (Å²) < 4.78 is 0. The molecular weight excluding hydrogens is 302 g/mol. The van der Waals surface area contributed by atoms with E-state index in [2.05, 4.69) is 11.0 Å². The standard InChI is InChI=1S/C20H25NO3/c22-15-2-1-14-10-18-4-3-16(23)11-20(18,17(14)9-15)7-8-21(12-18)13-19(24)5-6-19/h1-2,9,22,24H,3-8,10-13H2. The van der Waals surface area contributed by atoms with Crippen LogP contribution < -0.4 is 0 Å². The van der Waals surface area contributed by atoms with E-state index < -0.39 is 5.60 Å². The number of β-amino-alcohol motifs (C(OH)–C–C–N with tert-alkyl or cyclic N) is 1. The summed E-state index contributed by atoms with van der Waals surface area (Å²) >= 11 is 0. The Morgan fingerprint density at radius 1 is 1.12 bits per heavy atom. The number of hydrogen-bond donors (Lipinski definition) is 2. The first-order chi connectivity index (χ1) is 11.4. The SMILES string of the molecule is O=C1CCC23Cc4ccc(O)cc4C2(CCN(CC2(O)CC2)C3)C1. The number of benzene rings is 1. The lowest BCUT2D eigenvalue weighted by Gasteiger charge is -2.56. The van der Waals surface area contributed by atoms with Crippen LogP contribution in [0.2, 0.25) is 0 Å². The van der Waals surface area contributed by atoms with E-state index in [9.17, 15) is 15.0 Å². The zero-order valence-electron chi connectivity index (χ0n) is 14.1. The van der Waals surface area contributed by atoms with Crippen LogP contribution in [0.4, 0.5) is 0 Å². The molecule has 0 aromatic heterocycles. The summed E-state index contributed by atoms with van der Waals surface area (Å²) in [4.78, 5) is 14.8. The second kappa shape index (κ2) is 4.61. The zero-order valence-corrected chi connectivity index (χ0v) is 14.1. The Morgan fingerprint density at radius 3 is 2.75 bits per heavy atom. The molecule has 0 amide bonds. The molecule has 4 heteroatoms. The molecule has 1 aliphatic heterocycles. The number of nitrogens with zero attached hydrogens (tertiary/aromatic N) is 1. The average molecular weight is 327 g/mol. The minimum absolute atomic E-state index is 0.0978. The Bertz CT molecular complexity index is 726. The van der Waals surface area contributed by atoms with Crippen LogP contribution in [0.25, 0.3) is 0 Å². The summed E-state index contributed by atoms with van der Waals surface area (Å²) in [5.41, 5.74) is 2.08. The van der Waals surface area contributed by atoms with Crippen LogP contribution in [-0.2, 0) is 16.6 Å². The zero-order chi connectivity index (χ0) is 16.6. The van der Waals surface area contributed by atoms with E-state index in [1.165, 1.54) is 11.1 Å². The number of carbonyl (C=O) groups is 1. The third-order valence-corrected chi connectivity index (χ3v) is 7.26. The number of rotatable bonds is 2. The molecule has 3 aliphatic carbocycles. The molecule has 5 rings (SSSR count). The topological polar surface area (TPSA) is 60.8 Å². The van der Waals surface area contributed by atoms with E-state index in [0.29, 0.717) is 24.4 Å². The smallest absolute Gasteiger partial charge is 0.133 e. The predicted molar refractivity (Wildman–Crippen MR) is 90.0 cm³/mol. The van der Waals surface area contributed by atoms with Gasteiger partial charge in [0.1, 0.15) is 11.5 Å². The fraction of sp³-hybridized carbons (Fsp3) is 0.650. The number of likely N-dealkylation sites (tertiary alicyclic amines) is 1. The largest absolute Gasteiger partial charge is 0.508 e. The van der Waals surface area contributed by atoms with E-state index in [1.807, 2.05) is 6.07 Å². The van der Waals surface area contributed by atoms with Gasteiger partial charge in [0.05, 0.1) is 5.60 Å². The van der Waals surface area contributed by atoms with Crippen LogP contribution in [0.1, 0.15) is 49.7 Å². The van der Waals surface area contributed by atoms with E-state index in [0.717, 1.165) is 51.7 Å². The van der Waals surface area contributed by atoms with E-state index >= 15 is 0 Å². The molecule has 0 bridgehead atoms. The van der Waals surface area contributed by atoms with Gasteiger partial charge in [0, 0.05) is 31.3 Å². The molecule has 0 spiro atoms. The van der Waals surface area contributed by atoms with Crippen LogP contribution in [0.5, 0.6) is 5.75 Å². The number of hydrogen-bond acceptors (Lipinski definition) is 4. The first kappa shape index (κ1) is 14.9. The second-order valence-electron chi connectivity index (χ2n) is 8.78. The summed E-state index contributed by atoms with van der Waals surface area (Å²) in [6, 6.07) is 5.75. The normalized spacial score (nSPS) is 36.8. The van der Waals surface area contributed by atoms with Crippen molar-refractivity contribution in [1.29, 1.82) is 0 Å². The number of phenolic OH excluding ortho intramolecular Hbond substituents is 1. The molecule has 128 valence electrons. The summed E-state index contributed by atoms with van der Waals surface area (Å²) in [7, 11) is 0. The lowest BCUT2D eigenvalue weighted by atomic mass is 9.53. The maximum absolute atomic E-state index is 12.4. The van der Waals surface area contributed by atoms with Crippen LogP contribution in [-0.4, -0.2) is 46.1 Å². The number of piperidine rings is 1. The molecule has 1 aromatic rings.